The maximum absolute atomic E-state index is 12.6. The largest absolute Gasteiger partial charge is 0.574 e. The molecule has 2 saturated carbocycles. The third-order valence-corrected chi connectivity index (χ3v) is 7.26. The molecule has 3 fully saturated rings. The zero-order chi connectivity index (χ0) is 24.5. The molecule has 4 rings (SSSR count). The van der Waals surface area contributed by atoms with Crippen molar-refractivity contribution in [2.45, 2.75) is 83.7 Å². The average Bonchev–Trinajstić information content (AvgIpc) is 2.77. The molecule has 2 aliphatic heterocycles. The van der Waals surface area contributed by atoms with Crippen molar-refractivity contribution in [3.8, 4) is 0 Å². The van der Waals surface area contributed by atoms with Crippen LogP contribution in [0.25, 0.3) is 0 Å². The maximum atomic E-state index is 12.6. The number of ether oxygens (including phenoxy) is 4. The van der Waals surface area contributed by atoms with E-state index in [9.17, 15) is 19.5 Å². The monoisotopic (exact) mass is 471 g/mol. The second-order valence-corrected chi connectivity index (χ2v) is 9.72. The third kappa shape index (κ3) is 4.50. The van der Waals surface area contributed by atoms with Gasteiger partial charge in [0.2, 0.25) is 0 Å². The van der Waals surface area contributed by atoms with Crippen molar-refractivity contribution in [3.05, 3.63) is 47.0 Å². The summed E-state index contributed by atoms with van der Waals surface area (Å²) in [4.78, 5) is 37.6. The summed E-state index contributed by atoms with van der Waals surface area (Å²) < 4.78 is 22.3. The lowest BCUT2D eigenvalue weighted by Gasteiger charge is -2.50. The van der Waals surface area contributed by atoms with Crippen LogP contribution < -0.4 is 5.11 Å². The first-order valence-electron chi connectivity index (χ1n) is 12.0. The number of hydrogen-bond acceptors (Lipinski definition) is 8. The van der Waals surface area contributed by atoms with Gasteiger partial charge in [0.25, 0.3) is 5.79 Å². The maximum Gasteiger partial charge on any atom is 0.348 e. The Hall–Kier alpha value is -3.03. The van der Waals surface area contributed by atoms with Crippen molar-refractivity contribution < 1.29 is 38.4 Å². The first kappa shape index (κ1) is 24.1. The molecule has 0 aromatic heterocycles. The molecule has 1 saturated heterocycles. The van der Waals surface area contributed by atoms with E-state index in [1.54, 1.807) is 13.0 Å². The summed E-state index contributed by atoms with van der Waals surface area (Å²) >= 11 is 0. The minimum Gasteiger partial charge on any atom is -0.574 e. The van der Waals surface area contributed by atoms with Gasteiger partial charge in [-0.15, -0.1) is 0 Å². The Bertz CT molecular complexity index is 980. The third-order valence-electron chi connectivity index (χ3n) is 7.26. The predicted molar refractivity (Wildman–Crippen MR) is 118 cm³/mol. The topological polar surface area (TPSA) is 111 Å². The molecule has 0 aromatic rings. The van der Waals surface area contributed by atoms with Gasteiger partial charge in [-0.1, -0.05) is 44.4 Å². The highest BCUT2D eigenvalue weighted by Crippen LogP contribution is 2.42. The van der Waals surface area contributed by atoms with E-state index in [2.05, 4.69) is 0 Å². The van der Waals surface area contributed by atoms with Gasteiger partial charge in [-0.25, -0.2) is 14.4 Å². The van der Waals surface area contributed by atoms with Gasteiger partial charge in [0.05, 0.1) is 11.5 Å². The first-order chi connectivity index (χ1) is 16.2. The number of carbonyl (C=O) groups is 3. The van der Waals surface area contributed by atoms with Gasteiger partial charge >= 0.3 is 17.9 Å². The molecule has 0 amide bonds. The highest BCUT2D eigenvalue weighted by molar-refractivity contribution is 6.15. The van der Waals surface area contributed by atoms with E-state index in [1.165, 1.54) is 18.2 Å². The average molecular weight is 472 g/mol. The van der Waals surface area contributed by atoms with E-state index >= 15 is 0 Å². The molecule has 2 spiro atoms. The van der Waals surface area contributed by atoms with Crippen LogP contribution >= 0.6 is 0 Å². The molecule has 0 aromatic carbocycles. The van der Waals surface area contributed by atoms with Gasteiger partial charge in [-0.3, -0.25) is 0 Å². The molecule has 3 unspecified atom stereocenters. The van der Waals surface area contributed by atoms with Crippen LogP contribution in [0.5, 0.6) is 0 Å². The van der Waals surface area contributed by atoms with Crippen molar-refractivity contribution in [2.75, 3.05) is 0 Å². The summed E-state index contributed by atoms with van der Waals surface area (Å²) in [7, 11) is 0. The lowest BCUT2D eigenvalue weighted by molar-refractivity contribution is -0.407. The van der Waals surface area contributed by atoms with Gasteiger partial charge in [-0.05, 0) is 51.2 Å². The van der Waals surface area contributed by atoms with Crippen LogP contribution in [0, 0.1) is 11.8 Å². The second-order valence-electron chi connectivity index (χ2n) is 9.72. The van der Waals surface area contributed by atoms with Crippen LogP contribution in [0.4, 0.5) is 0 Å². The number of carbonyl (C=O) groups excluding carboxylic acids is 3. The minimum atomic E-state index is -1.17. The molecule has 3 atom stereocenters. The summed E-state index contributed by atoms with van der Waals surface area (Å²) in [6.45, 7) is 5.50. The van der Waals surface area contributed by atoms with Crippen LogP contribution in [0.3, 0.4) is 0 Å². The van der Waals surface area contributed by atoms with E-state index < -0.39 is 35.4 Å². The zero-order valence-electron chi connectivity index (χ0n) is 19.9. The molecular formula is C26H31O8-. The summed E-state index contributed by atoms with van der Waals surface area (Å²) in [5.74, 6) is -5.29. The van der Waals surface area contributed by atoms with Gasteiger partial charge in [-0.2, -0.15) is 0 Å². The lowest BCUT2D eigenvalue weighted by atomic mass is 9.84. The fourth-order valence-electron chi connectivity index (χ4n) is 5.06. The molecular weight excluding hydrogens is 440 g/mol. The van der Waals surface area contributed by atoms with Crippen LogP contribution in [-0.4, -0.2) is 29.5 Å². The zero-order valence-corrected chi connectivity index (χ0v) is 19.9. The lowest BCUT2D eigenvalue weighted by Crippen LogP contribution is -2.52. The normalized spacial score (nSPS) is 34.7. The van der Waals surface area contributed by atoms with Crippen molar-refractivity contribution in [3.63, 3.8) is 0 Å². The number of rotatable bonds is 3. The molecule has 34 heavy (non-hydrogen) atoms. The van der Waals surface area contributed by atoms with Gasteiger partial charge in [0, 0.05) is 18.3 Å². The van der Waals surface area contributed by atoms with E-state index in [0.29, 0.717) is 18.4 Å². The molecule has 8 nitrogen and oxygen atoms in total. The standard InChI is InChI=1S/C26H32O8/c1-16(15-20-23(29)33-26(34-24(20)30)14-7-5-11-18(26)3)9-8-12-19-21(27)31-25(32-22(19)28)13-6-4-10-17(25)2/h8-9,12,15,17-18,29H,4-7,10-11,13-14H2,1-3H3/p-1. The number of esters is 3. The summed E-state index contributed by atoms with van der Waals surface area (Å²) in [5, 5.41) is 12.6. The highest BCUT2D eigenvalue weighted by atomic mass is 16.8. The quantitative estimate of drug-likeness (QED) is 0.266. The Kier molecular flexibility index (Phi) is 6.60. The Balaban J connectivity index is 1.46. The first-order valence-corrected chi connectivity index (χ1v) is 12.0. The Morgan fingerprint density at radius 1 is 0.853 bits per heavy atom. The second kappa shape index (κ2) is 9.31. The molecule has 4 aliphatic rings. The Labute approximate surface area is 199 Å². The SMILES string of the molecule is CC(C=CC=C1C(=O)OC2(CCCCC2C)OC1=O)=CC1=C([O-])OC2(CCCCC2C)OC1=O. The fraction of sp³-hybridized carbons (Fsp3) is 0.577. The molecule has 184 valence electrons. The molecule has 2 aliphatic carbocycles. The molecule has 0 N–H and O–H groups in total. The highest BCUT2D eigenvalue weighted by Gasteiger charge is 2.50. The van der Waals surface area contributed by atoms with Crippen LogP contribution in [0.15, 0.2) is 47.0 Å². The van der Waals surface area contributed by atoms with Crippen molar-refractivity contribution in [2.24, 2.45) is 11.8 Å². The fourth-order valence-corrected chi connectivity index (χ4v) is 5.06. The molecule has 2 heterocycles. The van der Waals surface area contributed by atoms with Gasteiger partial charge < -0.3 is 24.1 Å². The van der Waals surface area contributed by atoms with Gasteiger partial charge in [0.1, 0.15) is 5.57 Å². The Morgan fingerprint density at radius 3 is 1.91 bits per heavy atom. The van der Waals surface area contributed by atoms with E-state index in [-0.39, 0.29) is 23.0 Å². The summed E-state index contributed by atoms with van der Waals surface area (Å²) in [5.41, 5.74) is 0.135. The van der Waals surface area contributed by atoms with E-state index in [4.69, 9.17) is 18.9 Å². The molecule has 0 radical (unpaired) electrons. The smallest absolute Gasteiger partial charge is 0.348 e. The van der Waals surface area contributed by atoms with E-state index in [1.807, 2.05) is 13.8 Å². The molecule has 0 bridgehead atoms. The molecule has 8 heteroatoms. The van der Waals surface area contributed by atoms with Gasteiger partial charge in [0.15, 0.2) is 5.79 Å². The number of allylic oxidation sites excluding steroid dienone is 4. The van der Waals surface area contributed by atoms with Crippen molar-refractivity contribution >= 4 is 17.9 Å². The van der Waals surface area contributed by atoms with Crippen LogP contribution in [0.1, 0.15) is 72.1 Å². The summed E-state index contributed by atoms with van der Waals surface area (Å²) in [6.07, 6.45) is 12.0. The Morgan fingerprint density at radius 2 is 1.38 bits per heavy atom. The predicted octanol–water partition coefficient (Wildman–Crippen LogP) is 3.47. The van der Waals surface area contributed by atoms with Crippen LogP contribution in [0.2, 0.25) is 0 Å². The van der Waals surface area contributed by atoms with Crippen molar-refractivity contribution in [1.29, 1.82) is 0 Å². The summed E-state index contributed by atoms with van der Waals surface area (Å²) in [6, 6.07) is 0. The van der Waals surface area contributed by atoms with E-state index in [0.717, 1.165) is 38.5 Å². The number of hydrogen-bond donors (Lipinski definition) is 0. The van der Waals surface area contributed by atoms with Crippen LogP contribution in [-0.2, 0) is 33.3 Å². The van der Waals surface area contributed by atoms with Crippen molar-refractivity contribution in [1.82, 2.24) is 0 Å². The minimum absolute atomic E-state index is 0.0563.